The Morgan fingerprint density at radius 2 is 2.07 bits per heavy atom. The van der Waals surface area contributed by atoms with Crippen LogP contribution in [0.5, 0.6) is 5.75 Å². The van der Waals surface area contributed by atoms with Gasteiger partial charge in [-0.05, 0) is 43.0 Å². The summed E-state index contributed by atoms with van der Waals surface area (Å²) in [6, 6.07) is 16.7. The molecular weight excluding hydrogens is 356 g/mol. The summed E-state index contributed by atoms with van der Waals surface area (Å²) >= 11 is 1.66. The maximum Gasteiger partial charge on any atom is 0.190 e. The molecule has 0 N–H and O–H groups in total. The highest BCUT2D eigenvalue weighted by atomic mass is 32.1. The Balaban J connectivity index is 1.87. The van der Waals surface area contributed by atoms with Crippen LogP contribution in [0.25, 0.3) is 16.9 Å². The SMILES string of the molecule is COc1ccc(C)cc1-n1c(-c2ccccc2)csc1=NCC1CCCO1. The Morgan fingerprint density at radius 3 is 2.81 bits per heavy atom. The third-order valence-electron chi connectivity index (χ3n) is 4.81. The summed E-state index contributed by atoms with van der Waals surface area (Å²) in [7, 11) is 1.71. The summed E-state index contributed by atoms with van der Waals surface area (Å²) in [5.74, 6) is 0.842. The average Bonchev–Trinajstić information content (AvgIpc) is 3.36. The molecule has 1 unspecified atom stereocenters. The highest BCUT2D eigenvalue weighted by Crippen LogP contribution is 2.29. The van der Waals surface area contributed by atoms with Crippen LogP contribution in [0.2, 0.25) is 0 Å². The van der Waals surface area contributed by atoms with Crippen molar-refractivity contribution in [3.05, 3.63) is 64.3 Å². The zero-order valence-electron chi connectivity index (χ0n) is 15.7. The first kappa shape index (κ1) is 18.0. The number of aryl methyl sites for hydroxylation is 1. The van der Waals surface area contributed by atoms with Gasteiger partial charge < -0.3 is 9.47 Å². The number of hydrogen-bond donors (Lipinski definition) is 0. The molecule has 0 saturated carbocycles. The van der Waals surface area contributed by atoms with E-state index in [4.69, 9.17) is 14.5 Å². The van der Waals surface area contributed by atoms with E-state index in [9.17, 15) is 0 Å². The standard InChI is InChI=1S/C22H24N2O2S/c1-16-10-11-21(25-2)19(13-16)24-20(17-7-4-3-5-8-17)15-27-22(24)23-14-18-9-6-12-26-18/h3-5,7-8,10-11,13,15,18H,6,9,12,14H2,1-2H3. The molecule has 0 bridgehead atoms. The largest absolute Gasteiger partial charge is 0.495 e. The van der Waals surface area contributed by atoms with Gasteiger partial charge in [-0.2, -0.15) is 0 Å². The van der Waals surface area contributed by atoms with E-state index in [1.807, 2.05) is 12.1 Å². The molecule has 4 nitrogen and oxygen atoms in total. The molecule has 0 aliphatic carbocycles. The number of methoxy groups -OCH3 is 1. The molecule has 1 fully saturated rings. The molecule has 5 heteroatoms. The number of benzene rings is 2. The van der Waals surface area contributed by atoms with Gasteiger partial charge in [-0.3, -0.25) is 9.56 Å². The van der Waals surface area contributed by atoms with Gasteiger partial charge >= 0.3 is 0 Å². The molecule has 3 aromatic rings. The lowest BCUT2D eigenvalue weighted by molar-refractivity contribution is 0.117. The lowest BCUT2D eigenvalue weighted by Crippen LogP contribution is -2.19. The van der Waals surface area contributed by atoms with Gasteiger partial charge in [0.1, 0.15) is 5.75 Å². The summed E-state index contributed by atoms with van der Waals surface area (Å²) < 4.78 is 13.6. The first-order valence-electron chi connectivity index (χ1n) is 9.29. The highest BCUT2D eigenvalue weighted by molar-refractivity contribution is 7.07. The maximum absolute atomic E-state index is 5.75. The van der Waals surface area contributed by atoms with Crippen LogP contribution in [0.4, 0.5) is 0 Å². The van der Waals surface area contributed by atoms with Gasteiger partial charge in [-0.25, -0.2) is 0 Å². The van der Waals surface area contributed by atoms with Crippen molar-refractivity contribution >= 4 is 11.3 Å². The minimum Gasteiger partial charge on any atom is -0.495 e. The average molecular weight is 381 g/mol. The third kappa shape index (κ3) is 3.84. The summed E-state index contributed by atoms with van der Waals surface area (Å²) in [4.78, 5) is 5.88. The lowest BCUT2D eigenvalue weighted by Gasteiger charge is -2.14. The van der Waals surface area contributed by atoms with Crippen LogP contribution in [-0.4, -0.2) is 30.9 Å². The van der Waals surface area contributed by atoms with Crippen molar-refractivity contribution in [1.29, 1.82) is 0 Å². The van der Waals surface area contributed by atoms with Crippen molar-refractivity contribution in [2.24, 2.45) is 4.99 Å². The van der Waals surface area contributed by atoms with Crippen molar-refractivity contribution in [1.82, 2.24) is 4.57 Å². The fourth-order valence-corrected chi connectivity index (χ4v) is 4.32. The number of aromatic nitrogens is 1. The smallest absolute Gasteiger partial charge is 0.190 e. The van der Waals surface area contributed by atoms with E-state index in [0.717, 1.165) is 46.9 Å². The number of thiazole rings is 1. The fourth-order valence-electron chi connectivity index (χ4n) is 3.41. The van der Waals surface area contributed by atoms with E-state index in [2.05, 4.69) is 53.3 Å². The van der Waals surface area contributed by atoms with Gasteiger partial charge in [0.2, 0.25) is 0 Å². The van der Waals surface area contributed by atoms with Crippen LogP contribution in [0.3, 0.4) is 0 Å². The second kappa shape index (κ2) is 8.11. The second-order valence-corrected chi connectivity index (χ2v) is 7.59. The molecule has 2 aromatic carbocycles. The van der Waals surface area contributed by atoms with Gasteiger partial charge in [-0.1, -0.05) is 36.4 Å². The van der Waals surface area contributed by atoms with Crippen molar-refractivity contribution in [3.63, 3.8) is 0 Å². The predicted molar refractivity (Wildman–Crippen MR) is 110 cm³/mol. The van der Waals surface area contributed by atoms with E-state index >= 15 is 0 Å². The van der Waals surface area contributed by atoms with E-state index in [1.165, 1.54) is 5.56 Å². The van der Waals surface area contributed by atoms with E-state index in [1.54, 1.807) is 18.4 Å². The van der Waals surface area contributed by atoms with E-state index in [0.29, 0.717) is 6.54 Å². The van der Waals surface area contributed by atoms with E-state index < -0.39 is 0 Å². The van der Waals surface area contributed by atoms with Crippen molar-refractivity contribution < 1.29 is 9.47 Å². The number of nitrogens with zero attached hydrogens (tertiary/aromatic N) is 2. The summed E-state index contributed by atoms with van der Waals surface area (Å²) in [5, 5.41) is 2.17. The second-order valence-electron chi connectivity index (χ2n) is 6.76. The molecule has 4 rings (SSSR count). The van der Waals surface area contributed by atoms with Crippen molar-refractivity contribution in [2.45, 2.75) is 25.9 Å². The zero-order valence-corrected chi connectivity index (χ0v) is 16.5. The molecule has 0 radical (unpaired) electrons. The molecule has 1 aliphatic rings. The van der Waals surface area contributed by atoms with Gasteiger partial charge in [0.25, 0.3) is 0 Å². The molecule has 0 spiro atoms. The van der Waals surface area contributed by atoms with Crippen LogP contribution in [0.15, 0.2) is 58.9 Å². The van der Waals surface area contributed by atoms with Crippen molar-refractivity contribution in [2.75, 3.05) is 20.3 Å². The quantitative estimate of drug-likeness (QED) is 0.648. The minimum absolute atomic E-state index is 0.236. The first-order chi connectivity index (χ1) is 13.3. The lowest BCUT2D eigenvalue weighted by atomic mass is 10.1. The monoisotopic (exact) mass is 380 g/mol. The van der Waals surface area contributed by atoms with Gasteiger partial charge in [0.05, 0.1) is 31.1 Å². The highest BCUT2D eigenvalue weighted by Gasteiger charge is 2.17. The predicted octanol–water partition coefficient (Wildman–Crippen LogP) is 4.60. The van der Waals surface area contributed by atoms with Gasteiger partial charge in [0, 0.05) is 12.0 Å². The van der Waals surface area contributed by atoms with Crippen LogP contribution >= 0.6 is 11.3 Å². The first-order valence-corrected chi connectivity index (χ1v) is 10.2. The molecule has 0 amide bonds. The number of ether oxygens (including phenoxy) is 2. The Hall–Kier alpha value is -2.37. The van der Waals surface area contributed by atoms with Gasteiger partial charge in [-0.15, -0.1) is 11.3 Å². The van der Waals surface area contributed by atoms with Crippen LogP contribution in [-0.2, 0) is 4.74 Å². The van der Waals surface area contributed by atoms with E-state index in [-0.39, 0.29) is 6.10 Å². The minimum atomic E-state index is 0.236. The zero-order chi connectivity index (χ0) is 18.6. The summed E-state index contributed by atoms with van der Waals surface area (Å²) in [5.41, 5.74) is 4.49. The summed E-state index contributed by atoms with van der Waals surface area (Å²) in [6.07, 6.45) is 2.46. The molecule has 1 saturated heterocycles. The molecule has 2 heterocycles. The summed E-state index contributed by atoms with van der Waals surface area (Å²) in [6.45, 7) is 3.65. The maximum atomic E-state index is 5.75. The fraction of sp³-hybridized carbons (Fsp3) is 0.318. The molecule has 1 aromatic heterocycles. The Labute approximate surface area is 163 Å². The molecule has 27 heavy (non-hydrogen) atoms. The van der Waals surface area contributed by atoms with Gasteiger partial charge in [0.15, 0.2) is 4.80 Å². The van der Waals surface area contributed by atoms with Crippen molar-refractivity contribution in [3.8, 4) is 22.7 Å². The molecule has 140 valence electrons. The number of hydrogen-bond acceptors (Lipinski definition) is 4. The molecular formula is C22H24N2O2S. The van der Waals surface area contributed by atoms with Crippen LogP contribution in [0.1, 0.15) is 18.4 Å². The third-order valence-corrected chi connectivity index (χ3v) is 5.67. The molecule has 1 atom stereocenters. The van der Waals surface area contributed by atoms with Crippen LogP contribution in [0, 0.1) is 6.92 Å². The normalized spacial score (nSPS) is 17.4. The topological polar surface area (TPSA) is 35.8 Å². The molecule has 1 aliphatic heterocycles. The Morgan fingerprint density at radius 1 is 1.22 bits per heavy atom. The Bertz CT molecular complexity index is 969. The Kier molecular flexibility index (Phi) is 5.41. The number of rotatable bonds is 5. The van der Waals surface area contributed by atoms with Crippen LogP contribution < -0.4 is 9.54 Å².